The molecule has 17 heavy (non-hydrogen) atoms. The number of nitrogens with zero attached hydrogens (tertiary/aromatic N) is 1. The summed E-state index contributed by atoms with van der Waals surface area (Å²) >= 11 is 0. The van der Waals surface area contributed by atoms with Crippen molar-refractivity contribution >= 4 is 6.08 Å². The highest BCUT2D eigenvalue weighted by molar-refractivity contribution is 5.35. The van der Waals surface area contributed by atoms with Gasteiger partial charge in [-0.3, -0.25) is 0 Å². The molecule has 0 N–H and O–H groups in total. The molecule has 1 saturated heterocycles. The Hall–Kier alpha value is -1.22. The molecule has 94 valence electrons. The van der Waals surface area contributed by atoms with Gasteiger partial charge in [0, 0.05) is 0 Å². The molecule has 0 aromatic carbocycles. The van der Waals surface area contributed by atoms with Crippen LogP contribution in [0.4, 0.5) is 0 Å². The second-order valence-corrected chi connectivity index (χ2v) is 4.35. The van der Waals surface area contributed by atoms with Crippen LogP contribution in [0.25, 0.3) is 0 Å². The molecule has 0 aromatic rings. The molecule has 1 heterocycles. The summed E-state index contributed by atoms with van der Waals surface area (Å²) in [4.78, 5) is 14.2. The maximum atomic E-state index is 10.4. The van der Waals surface area contributed by atoms with Crippen LogP contribution in [0.2, 0.25) is 0 Å². The lowest BCUT2D eigenvalue weighted by molar-refractivity contribution is -0.143. The molecule has 0 spiro atoms. The van der Waals surface area contributed by atoms with Gasteiger partial charge in [-0.15, -0.1) is 6.58 Å². The Labute approximate surface area is 102 Å². The summed E-state index contributed by atoms with van der Waals surface area (Å²) in [5.74, 6) is -0.680. The molecule has 0 aliphatic carbocycles. The van der Waals surface area contributed by atoms with Crippen molar-refractivity contribution in [1.82, 2.24) is 0 Å². The van der Waals surface area contributed by atoms with E-state index < -0.39 is 5.79 Å². The van der Waals surface area contributed by atoms with Crippen LogP contribution < -0.4 is 0 Å². The van der Waals surface area contributed by atoms with Gasteiger partial charge < -0.3 is 9.47 Å². The third kappa shape index (κ3) is 3.63. The van der Waals surface area contributed by atoms with Gasteiger partial charge in [-0.05, 0) is 20.3 Å². The van der Waals surface area contributed by atoms with Gasteiger partial charge >= 0.3 is 0 Å². The van der Waals surface area contributed by atoms with E-state index in [-0.39, 0.29) is 18.2 Å². The Balaban J connectivity index is 2.89. The molecule has 3 atom stereocenters. The van der Waals surface area contributed by atoms with Crippen molar-refractivity contribution < 1.29 is 14.3 Å². The number of isocyanates is 1. The minimum atomic E-state index is -0.680. The predicted molar refractivity (Wildman–Crippen MR) is 65.4 cm³/mol. The SMILES string of the molecule is C=C[C@@H]1OC(C)(C)O[C@H]1[C@H](/C=C/CC)N=C=O. The standard InChI is InChI=1S/C13H19NO3/c1-5-7-8-10(14-9-15)12-11(6-2)16-13(3,4)17-12/h6-8,10-12H,2,5H2,1,3-4H3/b8-7+/t10-,11-,12-/m0/s1. The van der Waals surface area contributed by atoms with Crippen molar-refractivity contribution in [3.8, 4) is 0 Å². The maximum Gasteiger partial charge on any atom is 0.235 e. The number of carbonyl (C=O) groups excluding carboxylic acids is 1. The number of rotatable bonds is 5. The first-order valence-electron chi connectivity index (χ1n) is 5.76. The zero-order valence-electron chi connectivity index (χ0n) is 10.6. The van der Waals surface area contributed by atoms with Crippen LogP contribution in [0.1, 0.15) is 27.2 Å². The lowest BCUT2D eigenvalue weighted by Crippen LogP contribution is -2.32. The molecule has 4 nitrogen and oxygen atoms in total. The highest BCUT2D eigenvalue weighted by atomic mass is 16.8. The Morgan fingerprint density at radius 1 is 1.53 bits per heavy atom. The molecular weight excluding hydrogens is 218 g/mol. The van der Waals surface area contributed by atoms with E-state index in [4.69, 9.17) is 9.47 Å². The van der Waals surface area contributed by atoms with Gasteiger partial charge in [0.1, 0.15) is 18.2 Å². The number of allylic oxidation sites excluding steroid dienone is 1. The molecule has 0 unspecified atom stereocenters. The van der Waals surface area contributed by atoms with Gasteiger partial charge in [-0.1, -0.05) is 25.2 Å². The summed E-state index contributed by atoms with van der Waals surface area (Å²) in [5, 5.41) is 0. The van der Waals surface area contributed by atoms with Crippen LogP contribution in [0, 0.1) is 0 Å². The minimum Gasteiger partial charge on any atom is -0.342 e. The van der Waals surface area contributed by atoms with Crippen molar-refractivity contribution in [3.05, 3.63) is 24.8 Å². The molecule has 1 rings (SSSR count). The first-order chi connectivity index (χ1) is 8.04. The third-order valence-electron chi connectivity index (χ3n) is 2.50. The van der Waals surface area contributed by atoms with E-state index >= 15 is 0 Å². The number of aliphatic imine (C=N–C) groups is 1. The molecule has 0 amide bonds. The zero-order valence-corrected chi connectivity index (χ0v) is 10.6. The van der Waals surface area contributed by atoms with Gasteiger partial charge in [0.05, 0.1) is 0 Å². The van der Waals surface area contributed by atoms with Gasteiger partial charge in [-0.2, -0.15) is 4.99 Å². The smallest absolute Gasteiger partial charge is 0.235 e. The van der Waals surface area contributed by atoms with E-state index in [1.54, 1.807) is 12.2 Å². The minimum absolute atomic E-state index is 0.270. The van der Waals surface area contributed by atoms with Crippen molar-refractivity contribution in [2.24, 2.45) is 4.99 Å². The lowest BCUT2D eigenvalue weighted by Gasteiger charge is -2.19. The summed E-state index contributed by atoms with van der Waals surface area (Å²) in [5.41, 5.74) is 0. The Morgan fingerprint density at radius 3 is 2.76 bits per heavy atom. The largest absolute Gasteiger partial charge is 0.342 e. The van der Waals surface area contributed by atoms with Crippen LogP contribution in [-0.4, -0.2) is 30.1 Å². The van der Waals surface area contributed by atoms with E-state index in [0.717, 1.165) is 6.42 Å². The molecule has 0 saturated carbocycles. The fourth-order valence-electron chi connectivity index (χ4n) is 1.83. The number of hydrogen-bond acceptors (Lipinski definition) is 4. The molecule has 1 fully saturated rings. The Kier molecular flexibility index (Phi) is 4.82. The van der Waals surface area contributed by atoms with Crippen LogP contribution in [-0.2, 0) is 14.3 Å². The van der Waals surface area contributed by atoms with Gasteiger partial charge in [0.15, 0.2) is 5.79 Å². The normalized spacial score (nSPS) is 28.9. The molecule has 0 aromatic heterocycles. The van der Waals surface area contributed by atoms with E-state index in [2.05, 4.69) is 11.6 Å². The molecule has 0 radical (unpaired) electrons. The molecule has 1 aliphatic rings. The van der Waals surface area contributed by atoms with Crippen LogP contribution in [0.3, 0.4) is 0 Å². The summed E-state index contributed by atoms with van der Waals surface area (Å²) in [6.07, 6.45) is 7.32. The van der Waals surface area contributed by atoms with Crippen molar-refractivity contribution in [2.75, 3.05) is 0 Å². The Morgan fingerprint density at radius 2 is 2.24 bits per heavy atom. The second-order valence-electron chi connectivity index (χ2n) is 4.35. The van der Waals surface area contributed by atoms with Crippen LogP contribution >= 0.6 is 0 Å². The molecule has 4 heteroatoms. The first kappa shape index (κ1) is 13.8. The van der Waals surface area contributed by atoms with Gasteiger partial charge in [0.25, 0.3) is 0 Å². The van der Waals surface area contributed by atoms with Crippen LogP contribution in [0.15, 0.2) is 29.8 Å². The topological polar surface area (TPSA) is 47.9 Å². The zero-order chi connectivity index (χ0) is 12.9. The van der Waals surface area contributed by atoms with E-state index in [0.29, 0.717) is 0 Å². The van der Waals surface area contributed by atoms with Gasteiger partial charge in [-0.25, -0.2) is 4.79 Å². The maximum absolute atomic E-state index is 10.4. The fraction of sp³-hybridized carbons (Fsp3) is 0.615. The van der Waals surface area contributed by atoms with Crippen molar-refractivity contribution in [3.63, 3.8) is 0 Å². The highest BCUT2D eigenvalue weighted by Gasteiger charge is 2.43. The fourth-order valence-corrected chi connectivity index (χ4v) is 1.83. The van der Waals surface area contributed by atoms with E-state index in [1.807, 2.05) is 32.9 Å². The third-order valence-corrected chi connectivity index (χ3v) is 2.50. The van der Waals surface area contributed by atoms with E-state index in [1.165, 1.54) is 0 Å². The Bertz CT molecular complexity index is 343. The van der Waals surface area contributed by atoms with Crippen molar-refractivity contribution in [2.45, 2.75) is 51.2 Å². The lowest BCUT2D eigenvalue weighted by atomic mass is 10.1. The average Bonchev–Trinajstić information content (AvgIpc) is 2.60. The van der Waals surface area contributed by atoms with Gasteiger partial charge in [0.2, 0.25) is 6.08 Å². The monoisotopic (exact) mass is 237 g/mol. The summed E-state index contributed by atoms with van der Waals surface area (Å²) in [6.45, 7) is 9.38. The second kappa shape index (κ2) is 5.92. The number of ether oxygens (including phenoxy) is 2. The van der Waals surface area contributed by atoms with Crippen molar-refractivity contribution in [1.29, 1.82) is 0 Å². The predicted octanol–water partition coefficient (Wildman–Crippen LogP) is 2.36. The molecule has 0 bridgehead atoms. The molecular formula is C13H19NO3. The summed E-state index contributed by atoms with van der Waals surface area (Å²) < 4.78 is 11.4. The molecule has 1 aliphatic heterocycles. The first-order valence-corrected chi connectivity index (χ1v) is 5.76. The van der Waals surface area contributed by atoms with E-state index in [9.17, 15) is 4.79 Å². The number of hydrogen-bond donors (Lipinski definition) is 0. The average molecular weight is 237 g/mol. The quantitative estimate of drug-likeness (QED) is 0.419. The summed E-state index contributed by atoms with van der Waals surface area (Å²) in [6, 6.07) is -0.378. The highest BCUT2D eigenvalue weighted by Crippen LogP contribution is 2.31. The van der Waals surface area contributed by atoms with Crippen LogP contribution in [0.5, 0.6) is 0 Å². The summed E-state index contributed by atoms with van der Waals surface area (Å²) in [7, 11) is 0.